The van der Waals surface area contributed by atoms with E-state index in [4.69, 9.17) is 18.9 Å². The molecule has 0 aliphatic heterocycles. The van der Waals surface area contributed by atoms with Crippen LogP contribution in [0.15, 0.2) is 97.1 Å². The number of hydrogen-bond donors (Lipinski definition) is 0. The summed E-state index contributed by atoms with van der Waals surface area (Å²) in [6.07, 6.45) is 6.03. The van der Waals surface area contributed by atoms with Crippen LogP contribution < -0.4 is 18.9 Å². The molecule has 65 heavy (non-hydrogen) atoms. The van der Waals surface area contributed by atoms with Crippen LogP contribution in [0.2, 0.25) is 0 Å². The van der Waals surface area contributed by atoms with Crippen LogP contribution in [-0.2, 0) is 40.8 Å². The van der Waals surface area contributed by atoms with Crippen molar-refractivity contribution in [2.24, 2.45) is 5.92 Å². The third kappa shape index (κ3) is 20.6. The van der Waals surface area contributed by atoms with Crippen molar-refractivity contribution in [2.75, 3.05) is 0 Å². The number of esters is 4. The van der Waals surface area contributed by atoms with Crippen molar-refractivity contribution >= 4 is 23.9 Å². The molecule has 358 valence electrons. The lowest BCUT2D eigenvalue weighted by Crippen LogP contribution is -2.16. The zero-order valence-electron chi connectivity index (χ0n) is 43.0. The van der Waals surface area contributed by atoms with Crippen LogP contribution in [0.25, 0.3) is 0 Å². The number of ether oxygens (including phenoxy) is 4. The first kappa shape index (κ1) is 57.8. The van der Waals surface area contributed by atoms with Crippen molar-refractivity contribution < 1.29 is 38.1 Å². The van der Waals surface area contributed by atoms with Gasteiger partial charge in [-0.05, 0) is 125 Å². The quantitative estimate of drug-likeness (QED) is 0.0809. The summed E-state index contributed by atoms with van der Waals surface area (Å²) in [5.41, 5.74) is 5.76. The zero-order chi connectivity index (χ0) is 49.6. The SMILES string of the molecule is CCC(=O)Oc1ccc(C(C)(C)CC)cc1.CCC(C)(C)c1ccc(OC(=O)C(C)C)cc1.CCC(C)(C)c1ccc(OC(C)=O)cc1.CCCC(=O)Oc1ccc(C(C)(C)CC)cc1. The average Bonchev–Trinajstić information content (AvgIpc) is 3.27. The summed E-state index contributed by atoms with van der Waals surface area (Å²) in [4.78, 5) is 44.6. The Morgan fingerprint density at radius 3 is 0.908 bits per heavy atom. The van der Waals surface area contributed by atoms with Gasteiger partial charge < -0.3 is 18.9 Å². The maximum atomic E-state index is 11.4. The fraction of sp³-hybridized carbons (Fsp3) is 0.509. The summed E-state index contributed by atoms with van der Waals surface area (Å²) in [6, 6.07) is 31.1. The molecule has 8 heteroatoms. The van der Waals surface area contributed by atoms with Crippen LogP contribution in [0.3, 0.4) is 0 Å². The van der Waals surface area contributed by atoms with Crippen molar-refractivity contribution in [3.05, 3.63) is 119 Å². The predicted molar refractivity (Wildman–Crippen MR) is 267 cm³/mol. The molecule has 4 aromatic carbocycles. The van der Waals surface area contributed by atoms with Gasteiger partial charge in [-0.2, -0.15) is 0 Å². The van der Waals surface area contributed by atoms with Crippen LogP contribution in [0.4, 0.5) is 0 Å². The Bertz CT molecular complexity index is 2020. The molecule has 0 saturated carbocycles. The Hall–Kier alpha value is -5.24. The molecule has 0 N–H and O–H groups in total. The number of carbonyl (C=O) groups is 4. The third-order valence-corrected chi connectivity index (χ3v) is 12.2. The highest BCUT2D eigenvalue weighted by Gasteiger charge is 2.21. The zero-order valence-corrected chi connectivity index (χ0v) is 43.0. The molecule has 0 fully saturated rings. The van der Waals surface area contributed by atoms with Gasteiger partial charge in [0.15, 0.2) is 0 Å². The minimum Gasteiger partial charge on any atom is -0.427 e. The molecule has 0 aliphatic carbocycles. The van der Waals surface area contributed by atoms with E-state index in [2.05, 4.69) is 83.1 Å². The summed E-state index contributed by atoms with van der Waals surface area (Å²) >= 11 is 0. The molecule has 8 nitrogen and oxygen atoms in total. The van der Waals surface area contributed by atoms with E-state index in [1.54, 1.807) is 6.92 Å². The van der Waals surface area contributed by atoms with Crippen LogP contribution in [0, 0.1) is 5.92 Å². The van der Waals surface area contributed by atoms with Gasteiger partial charge in [0.2, 0.25) is 0 Å². The van der Waals surface area contributed by atoms with Gasteiger partial charge in [0.25, 0.3) is 0 Å². The Morgan fingerprint density at radius 1 is 0.415 bits per heavy atom. The van der Waals surface area contributed by atoms with Gasteiger partial charge in [0, 0.05) is 19.8 Å². The van der Waals surface area contributed by atoms with Crippen LogP contribution in [0.1, 0.15) is 185 Å². The van der Waals surface area contributed by atoms with E-state index in [-0.39, 0.29) is 51.5 Å². The van der Waals surface area contributed by atoms with Gasteiger partial charge in [0.1, 0.15) is 23.0 Å². The molecule has 0 radical (unpaired) electrons. The highest BCUT2D eigenvalue weighted by molar-refractivity contribution is 5.74. The Balaban J connectivity index is 0.000000434. The second-order valence-electron chi connectivity index (χ2n) is 19.3. The largest absolute Gasteiger partial charge is 0.427 e. The van der Waals surface area contributed by atoms with Crippen molar-refractivity contribution in [3.8, 4) is 23.0 Å². The first-order valence-corrected chi connectivity index (χ1v) is 23.5. The van der Waals surface area contributed by atoms with Gasteiger partial charge in [-0.1, -0.05) is 159 Å². The minimum absolute atomic E-state index is 0.0956. The molecule has 0 bridgehead atoms. The summed E-state index contributed by atoms with van der Waals surface area (Å²) in [5, 5.41) is 0. The summed E-state index contributed by atoms with van der Waals surface area (Å²) in [7, 11) is 0. The maximum Gasteiger partial charge on any atom is 0.313 e. The highest BCUT2D eigenvalue weighted by atomic mass is 16.5. The van der Waals surface area contributed by atoms with Crippen LogP contribution in [0.5, 0.6) is 23.0 Å². The third-order valence-electron chi connectivity index (χ3n) is 12.2. The van der Waals surface area contributed by atoms with Crippen LogP contribution >= 0.6 is 0 Å². The maximum absolute atomic E-state index is 11.4. The molecule has 0 spiro atoms. The normalized spacial score (nSPS) is 11.4. The highest BCUT2D eigenvalue weighted by Crippen LogP contribution is 2.31. The standard InChI is InChI=1S/2C15H22O2.C14H20O2.C13H18O2/c1-6-15(4,5)12-7-9-13(10-8-12)17-14(16)11(2)3;1-5-7-14(16)17-13-10-8-12(9-11-13)15(3,4)6-2;1-5-13(15)16-12-9-7-11(8-10-12)14(3,4)6-2;1-5-13(3,4)11-6-8-12(9-7-11)15-10(2)14/h7-11H,6H2,1-5H3;8-11H,5-7H2,1-4H3;7-10H,5-6H2,1-4H3;6-9H,5H2,1-4H3. The molecule has 0 heterocycles. The number of benzene rings is 4. The fourth-order valence-corrected chi connectivity index (χ4v) is 5.70. The number of hydrogen-bond acceptors (Lipinski definition) is 8. The first-order chi connectivity index (χ1) is 30.3. The molecule has 0 saturated heterocycles. The van der Waals surface area contributed by atoms with E-state index in [1.165, 1.54) is 29.2 Å². The fourth-order valence-electron chi connectivity index (χ4n) is 5.70. The van der Waals surface area contributed by atoms with Crippen molar-refractivity contribution in [2.45, 2.75) is 184 Å². The van der Waals surface area contributed by atoms with E-state index in [9.17, 15) is 19.2 Å². The van der Waals surface area contributed by atoms with Crippen molar-refractivity contribution in [1.29, 1.82) is 0 Å². The molecular weight excluding hydrogens is 813 g/mol. The van der Waals surface area contributed by atoms with E-state index >= 15 is 0 Å². The molecule has 0 aromatic heterocycles. The van der Waals surface area contributed by atoms with Crippen molar-refractivity contribution in [3.63, 3.8) is 0 Å². The van der Waals surface area contributed by atoms with Gasteiger partial charge >= 0.3 is 23.9 Å². The lowest BCUT2D eigenvalue weighted by atomic mass is 9.82. The number of carbonyl (C=O) groups excluding carboxylic acids is 4. The molecule has 0 unspecified atom stereocenters. The van der Waals surface area contributed by atoms with Crippen LogP contribution in [-0.4, -0.2) is 23.9 Å². The molecule has 4 aromatic rings. The van der Waals surface area contributed by atoms with Crippen molar-refractivity contribution in [1.82, 2.24) is 0 Å². The summed E-state index contributed by atoms with van der Waals surface area (Å²) < 4.78 is 20.6. The second-order valence-corrected chi connectivity index (χ2v) is 19.3. The Kier molecular flexibility index (Phi) is 24.3. The van der Waals surface area contributed by atoms with Gasteiger partial charge in [-0.25, -0.2) is 0 Å². The van der Waals surface area contributed by atoms with E-state index in [0.29, 0.717) is 35.8 Å². The first-order valence-electron chi connectivity index (χ1n) is 23.5. The summed E-state index contributed by atoms with van der Waals surface area (Å²) in [5.74, 6) is 1.59. The Labute approximate surface area is 393 Å². The average molecular weight is 895 g/mol. The molecule has 0 amide bonds. The summed E-state index contributed by atoms with van der Waals surface area (Å²) in [6.45, 7) is 35.2. The predicted octanol–water partition coefficient (Wildman–Crippen LogP) is 15.0. The second kappa shape index (κ2) is 27.3. The van der Waals surface area contributed by atoms with E-state index < -0.39 is 0 Å². The minimum atomic E-state index is -0.280. The Morgan fingerprint density at radius 2 is 0.677 bits per heavy atom. The molecule has 0 aliphatic rings. The van der Waals surface area contributed by atoms with Gasteiger partial charge in [0.05, 0.1) is 5.92 Å². The molecule has 0 atom stereocenters. The molecule has 4 rings (SSSR count). The monoisotopic (exact) mass is 895 g/mol. The lowest BCUT2D eigenvalue weighted by Gasteiger charge is -2.23. The lowest BCUT2D eigenvalue weighted by molar-refractivity contribution is -0.138. The number of rotatable bonds is 16. The topological polar surface area (TPSA) is 105 Å². The van der Waals surface area contributed by atoms with E-state index in [1.807, 2.05) is 118 Å². The van der Waals surface area contributed by atoms with E-state index in [0.717, 1.165) is 32.1 Å². The smallest absolute Gasteiger partial charge is 0.313 e. The van der Waals surface area contributed by atoms with Gasteiger partial charge in [-0.3, -0.25) is 19.2 Å². The van der Waals surface area contributed by atoms with Gasteiger partial charge in [-0.15, -0.1) is 0 Å². The molecular formula is C57H82O8.